The van der Waals surface area contributed by atoms with E-state index in [2.05, 4.69) is 4.28 Å². The molecule has 1 fully saturated rings. The molecule has 1 aliphatic heterocycles. The maximum Gasteiger partial charge on any atom is 0.106 e. The van der Waals surface area contributed by atoms with Gasteiger partial charge in [0.2, 0.25) is 0 Å². The van der Waals surface area contributed by atoms with E-state index in [0.29, 0.717) is 0 Å². The minimum atomic E-state index is -2.36. The zero-order valence-corrected chi connectivity index (χ0v) is 4.31. The second-order valence-electron chi connectivity index (χ2n) is 1.21. The van der Waals surface area contributed by atoms with Gasteiger partial charge < -0.3 is 4.55 Å². The van der Waals surface area contributed by atoms with Crippen molar-refractivity contribution in [1.29, 1.82) is 0 Å². The molecule has 0 spiro atoms. The van der Waals surface area contributed by atoms with E-state index in [1.165, 1.54) is 5.06 Å². The van der Waals surface area contributed by atoms with Crippen LogP contribution >= 0.6 is 0 Å². The van der Waals surface area contributed by atoms with E-state index in [4.69, 9.17) is 0 Å². The summed E-state index contributed by atoms with van der Waals surface area (Å²) >= 11 is -2.36. The monoisotopic (exact) mass is 122 g/mol. The van der Waals surface area contributed by atoms with Crippen LogP contribution in [0.25, 0.3) is 0 Å². The van der Waals surface area contributed by atoms with Gasteiger partial charge in [-0.1, -0.05) is 0 Å². The van der Waals surface area contributed by atoms with Gasteiger partial charge in [0.25, 0.3) is 0 Å². The number of nitrogens with zero attached hydrogens (tertiary/aromatic N) is 1. The standard InChI is InChI=1S/C2H5NO3S/c4-7(5)6-3-1-2-3/h1-2H2,(H,4,5)/p-1. The highest BCUT2D eigenvalue weighted by atomic mass is 32.2. The molecular weight excluding hydrogens is 118 g/mol. The second kappa shape index (κ2) is 1.87. The fourth-order valence-electron chi connectivity index (χ4n) is 0.201. The van der Waals surface area contributed by atoms with E-state index in [1.54, 1.807) is 0 Å². The molecule has 0 aromatic heterocycles. The molecule has 0 aromatic carbocycles. The zero-order valence-electron chi connectivity index (χ0n) is 3.49. The molecule has 1 atom stereocenters. The molecule has 1 unspecified atom stereocenters. The topological polar surface area (TPSA) is 52.4 Å². The number of rotatable bonds is 2. The summed E-state index contributed by atoms with van der Waals surface area (Å²) in [5.74, 6) is 0. The summed E-state index contributed by atoms with van der Waals surface area (Å²) in [6, 6.07) is 0. The largest absolute Gasteiger partial charge is 0.748 e. The summed E-state index contributed by atoms with van der Waals surface area (Å²) in [6.07, 6.45) is 0. The van der Waals surface area contributed by atoms with Crippen LogP contribution in [0.5, 0.6) is 0 Å². The van der Waals surface area contributed by atoms with E-state index >= 15 is 0 Å². The van der Waals surface area contributed by atoms with Crippen LogP contribution in [-0.4, -0.2) is 26.9 Å². The molecule has 5 heteroatoms. The predicted molar refractivity (Wildman–Crippen MR) is 21.6 cm³/mol. The first kappa shape index (κ1) is 5.17. The molecule has 0 aromatic rings. The SMILES string of the molecule is O=S([O-])ON1CC1. The molecule has 1 saturated heterocycles. The third-order valence-electron chi connectivity index (χ3n) is 0.572. The van der Waals surface area contributed by atoms with Gasteiger partial charge >= 0.3 is 0 Å². The predicted octanol–water partition coefficient (Wildman–Crippen LogP) is -0.972. The lowest BCUT2D eigenvalue weighted by Crippen LogP contribution is -2.00. The number of hydroxylamine groups is 2. The maximum atomic E-state index is 9.59. The van der Waals surface area contributed by atoms with Gasteiger partial charge in [0.15, 0.2) is 0 Å². The van der Waals surface area contributed by atoms with Crippen LogP contribution in [0.3, 0.4) is 0 Å². The average molecular weight is 122 g/mol. The summed E-state index contributed by atoms with van der Waals surface area (Å²) in [7, 11) is 0. The van der Waals surface area contributed by atoms with E-state index in [0.717, 1.165) is 13.1 Å². The summed E-state index contributed by atoms with van der Waals surface area (Å²) in [5, 5.41) is 1.34. The molecule has 4 nitrogen and oxygen atoms in total. The highest BCUT2D eigenvalue weighted by Crippen LogP contribution is 2.03. The van der Waals surface area contributed by atoms with Crippen molar-refractivity contribution in [3.05, 3.63) is 0 Å². The highest BCUT2D eigenvalue weighted by Gasteiger charge is 2.18. The summed E-state index contributed by atoms with van der Waals surface area (Å²) in [5.41, 5.74) is 0. The quantitative estimate of drug-likeness (QED) is 0.349. The maximum absolute atomic E-state index is 9.59. The highest BCUT2D eigenvalue weighted by molar-refractivity contribution is 7.74. The van der Waals surface area contributed by atoms with Crippen molar-refractivity contribution in [3.8, 4) is 0 Å². The Morgan fingerprint density at radius 2 is 2.29 bits per heavy atom. The van der Waals surface area contributed by atoms with Crippen LogP contribution in [0.15, 0.2) is 0 Å². The lowest BCUT2D eigenvalue weighted by Gasteiger charge is -2.01. The molecule has 0 N–H and O–H groups in total. The van der Waals surface area contributed by atoms with Gasteiger partial charge in [0.05, 0.1) is 0 Å². The first-order valence-corrected chi connectivity index (χ1v) is 2.82. The number of hydrogen-bond donors (Lipinski definition) is 0. The van der Waals surface area contributed by atoms with Crippen LogP contribution in [0.4, 0.5) is 0 Å². The van der Waals surface area contributed by atoms with Gasteiger partial charge in [-0.15, -0.1) is 0 Å². The Morgan fingerprint density at radius 3 is 2.43 bits per heavy atom. The summed E-state index contributed by atoms with van der Waals surface area (Å²) < 4.78 is 23.3. The van der Waals surface area contributed by atoms with Crippen LogP contribution in [0.2, 0.25) is 0 Å². The normalized spacial score (nSPS) is 24.7. The van der Waals surface area contributed by atoms with Gasteiger partial charge in [-0.05, 0) is 0 Å². The minimum absolute atomic E-state index is 0.730. The Kier molecular flexibility index (Phi) is 1.38. The minimum Gasteiger partial charge on any atom is -0.748 e. The second-order valence-corrected chi connectivity index (χ2v) is 1.76. The van der Waals surface area contributed by atoms with E-state index in [1.807, 2.05) is 0 Å². The third-order valence-corrected chi connectivity index (χ3v) is 0.905. The average Bonchev–Trinajstić information content (AvgIpc) is 2.17. The summed E-state index contributed by atoms with van der Waals surface area (Å²) in [4.78, 5) is 0. The first-order chi connectivity index (χ1) is 3.29. The van der Waals surface area contributed by atoms with Crippen molar-refractivity contribution >= 4 is 11.4 Å². The lowest BCUT2D eigenvalue weighted by molar-refractivity contribution is 0.0741. The van der Waals surface area contributed by atoms with Gasteiger partial charge in [-0.3, -0.25) is 0 Å². The Bertz CT molecular complexity index is 90.9. The molecule has 0 aliphatic carbocycles. The molecule has 42 valence electrons. The van der Waals surface area contributed by atoms with Crippen molar-refractivity contribution < 1.29 is 13.0 Å². The summed E-state index contributed by atoms with van der Waals surface area (Å²) in [6.45, 7) is 1.46. The van der Waals surface area contributed by atoms with E-state index < -0.39 is 11.4 Å². The molecule has 1 heterocycles. The Hall–Kier alpha value is 0.0300. The molecular formula is C2H4NO3S-. The smallest absolute Gasteiger partial charge is 0.106 e. The van der Waals surface area contributed by atoms with Crippen LogP contribution in [0, 0.1) is 0 Å². The molecule has 0 saturated carbocycles. The van der Waals surface area contributed by atoms with E-state index in [-0.39, 0.29) is 0 Å². The molecule has 7 heavy (non-hydrogen) atoms. The Balaban J connectivity index is 2.08. The van der Waals surface area contributed by atoms with E-state index in [9.17, 15) is 8.76 Å². The van der Waals surface area contributed by atoms with Gasteiger partial charge in [0.1, 0.15) is 11.4 Å². The third kappa shape index (κ3) is 1.98. The van der Waals surface area contributed by atoms with Crippen LogP contribution in [0.1, 0.15) is 0 Å². The van der Waals surface area contributed by atoms with Crippen molar-refractivity contribution in [3.63, 3.8) is 0 Å². The molecule has 1 rings (SSSR count). The van der Waals surface area contributed by atoms with Gasteiger partial charge in [0, 0.05) is 13.1 Å². The molecule has 1 aliphatic rings. The Morgan fingerprint density at radius 1 is 1.71 bits per heavy atom. The van der Waals surface area contributed by atoms with Crippen LogP contribution < -0.4 is 0 Å². The number of hydrogen-bond acceptors (Lipinski definition) is 4. The fraction of sp³-hybridized carbons (Fsp3) is 1.00. The van der Waals surface area contributed by atoms with Crippen molar-refractivity contribution in [2.75, 3.05) is 13.1 Å². The Labute approximate surface area is 43.5 Å². The lowest BCUT2D eigenvalue weighted by atomic mass is 11.0. The van der Waals surface area contributed by atoms with Gasteiger partial charge in [-0.25, -0.2) is 8.49 Å². The molecule has 0 amide bonds. The zero-order chi connectivity index (χ0) is 5.28. The van der Waals surface area contributed by atoms with Crippen molar-refractivity contribution in [2.24, 2.45) is 0 Å². The molecule has 0 bridgehead atoms. The molecule has 0 radical (unpaired) electrons. The van der Waals surface area contributed by atoms with Crippen molar-refractivity contribution in [1.82, 2.24) is 5.06 Å². The van der Waals surface area contributed by atoms with Gasteiger partial charge in [-0.2, -0.15) is 5.06 Å². The first-order valence-electron chi connectivity index (χ1n) is 1.82. The fourth-order valence-corrected chi connectivity index (χ4v) is 0.523. The van der Waals surface area contributed by atoms with Crippen molar-refractivity contribution in [2.45, 2.75) is 0 Å². The van der Waals surface area contributed by atoms with Crippen LogP contribution in [-0.2, 0) is 15.6 Å².